The van der Waals surface area contributed by atoms with Gasteiger partial charge in [0.15, 0.2) is 5.82 Å². The second-order valence-electron chi connectivity index (χ2n) is 3.97. The molecule has 2 rings (SSSR count). The number of anilines is 2. The quantitative estimate of drug-likeness (QED) is 0.661. The average molecular weight is 223 g/mol. The number of hydrogen-bond donors (Lipinski definition) is 3. The second kappa shape index (κ2) is 4.98. The van der Waals surface area contributed by atoms with Crippen LogP contribution in [-0.2, 0) is 0 Å². The van der Waals surface area contributed by atoms with Crippen LogP contribution in [0, 0.1) is 0 Å². The van der Waals surface area contributed by atoms with Crippen molar-refractivity contribution in [1.29, 1.82) is 0 Å². The van der Waals surface area contributed by atoms with E-state index in [9.17, 15) is 4.79 Å². The van der Waals surface area contributed by atoms with E-state index in [-0.39, 0.29) is 11.2 Å². The predicted molar refractivity (Wildman–Crippen MR) is 63.4 cm³/mol. The molecule has 4 N–H and O–H groups in total. The molecule has 6 heteroatoms. The molecule has 0 aromatic carbocycles. The highest BCUT2D eigenvalue weighted by atomic mass is 16.1. The maximum atomic E-state index is 11.2. The lowest BCUT2D eigenvalue weighted by Gasteiger charge is -2.15. The number of H-pyrrole nitrogens is 1. The zero-order valence-corrected chi connectivity index (χ0v) is 9.20. The highest BCUT2D eigenvalue weighted by molar-refractivity contribution is 5.58. The molecule has 1 aliphatic rings. The van der Waals surface area contributed by atoms with E-state index in [1.54, 1.807) is 0 Å². The number of nitrogens with one attached hydrogen (secondary N) is 2. The van der Waals surface area contributed by atoms with Gasteiger partial charge in [0.1, 0.15) is 5.69 Å². The summed E-state index contributed by atoms with van der Waals surface area (Å²) in [5, 5.41) is 3.08. The van der Waals surface area contributed by atoms with Crippen LogP contribution in [0.15, 0.2) is 11.1 Å². The van der Waals surface area contributed by atoms with Gasteiger partial charge in [-0.1, -0.05) is 0 Å². The molecule has 0 radical (unpaired) electrons. The molecule has 88 valence electrons. The fourth-order valence-electron chi connectivity index (χ4n) is 1.89. The smallest absolute Gasteiger partial charge is 0.276 e. The van der Waals surface area contributed by atoms with Crippen LogP contribution in [0.25, 0.3) is 0 Å². The molecule has 0 saturated carbocycles. The van der Waals surface area contributed by atoms with Crippen molar-refractivity contribution in [2.75, 3.05) is 37.2 Å². The van der Waals surface area contributed by atoms with Crippen LogP contribution in [-0.4, -0.2) is 41.0 Å². The lowest BCUT2D eigenvalue weighted by Crippen LogP contribution is -2.27. The van der Waals surface area contributed by atoms with Crippen LogP contribution in [0.1, 0.15) is 12.8 Å². The first-order valence-electron chi connectivity index (χ1n) is 5.57. The van der Waals surface area contributed by atoms with Crippen LogP contribution in [0.2, 0.25) is 0 Å². The molecule has 1 aromatic heterocycles. The van der Waals surface area contributed by atoms with Crippen molar-refractivity contribution in [1.82, 2.24) is 14.9 Å². The van der Waals surface area contributed by atoms with Crippen LogP contribution in [0.4, 0.5) is 11.5 Å². The van der Waals surface area contributed by atoms with Crippen LogP contribution >= 0.6 is 0 Å². The predicted octanol–water partition coefficient (Wildman–Crippen LogP) is -0.140. The molecule has 0 bridgehead atoms. The van der Waals surface area contributed by atoms with Crippen molar-refractivity contribution in [3.05, 3.63) is 16.7 Å². The van der Waals surface area contributed by atoms with Crippen molar-refractivity contribution in [2.45, 2.75) is 12.8 Å². The fraction of sp³-hybridized carbons (Fsp3) is 0.600. The Kier molecular flexibility index (Phi) is 3.40. The van der Waals surface area contributed by atoms with Crippen molar-refractivity contribution in [3.63, 3.8) is 0 Å². The fourth-order valence-corrected chi connectivity index (χ4v) is 1.89. The van der Waals surface area contributed by atoms with Gasteiger partial charge in [-0.25, -0.2) is 4.98 Å². The number of aromatic amines is 1. The van der Waals surface area contributed by atoms with Gasteiger partial charge in [0.05, 0.1) is 6.33 Å². The maximum Gasteiger partial charge on any atom is 0.276 e. The standard InChI is InChI=1S/C10H17N5O/c11-8-9(13-7-14-10(8)16)12-3-6-15-4-1-2-5-15/h7H,1-6,11H2,(H2,12,13,14,16). The van der Waals surface area contributed by atoms with E-state index in [0.717, 1.165) is 13.1 Å². The van der Waals surface area contributed by atoms with Crippen molar-refractivity contribution < 1.29 is 0 Å². The number of nitrogens with two attached hydrogens (primary N) is 1. The molecule has 1 aliphatic heterocycles. The molecule has 6 nitrogen and oxygen atoms in total. The summed E-state index contributed by atoms with van der Waals surface area (Å²) in [6.07, 6.45) is 3.92. The monoisotopic (exact) mass is 223 g/mol. The molecular formula is C10H17N5O. The number of rotatable bonds is 4. The highest BCUT2D eigenvalue weighted by Gasteiger charge is 2.11. The summed E-state index contributed by atoms with van der Waals surface area (Å²) in [4.78, 5) is 20.0. The van der Waals surface area contributed by atoms with E-state index in [0.29, 0.717) is 5.82 Å². The Balaban J connectivity index is 1.84. The van der Waals surface area contributed by atoms with Gasteiger partial charge in [0.25, 0.3) is 5.56 Å². The zero-order chi connectivity index (χ0) is 11.4. The topological polar surface area (TPSA) is 87.0 Å². The van der Waals surface area contributed by atoms with Gasteiger partial charge in [-0.3, -0.25) is 4.79 Å². The molecular weight excluding hydrogens is 206 g/mol. The summed E-state index contributed by atoms with van der Waals surface area (Å²) in [6.45, 7) is 4.06. The molecule has 16 heavy (non-hydrogen) atoms. The SMILES string of the molecule is Nc1c(NCCN2CCCC2)nc[nH]c1=O. The third-order valence-electron chi connectivity index (χ3n) is 2.81. The molecule has 0 atom stereocenters. The molecule has 0 unspecified atom stereocenters. The second-order valence-corrected chi connectivity index (χ2v) is 3.97. The van der Waals surface area contributed by atoms with Gasteiger partial charge in [-0.15, -0.1) is 0 Å². The first-order valence-corrected chi connectivity index (χ1v) is 5.57. The van der Waals surface area contributed by atoms with E-state index in [1.165, 1.54) is 32.3 Å². The van der Waals surface area contributed by atoms with Crippen LogP contribution in [0.3, 0.4) is 0 Å². The maximum absolute atomic E-state index is 11.2. The van der Waals surface area contributed by atoms with Gasteiger partial charge in [-0.05, 0) is 25.9 Å². The largest absolute Gasteiger partial charge is 0.391 e. The summed E-state index contributed by atoms with van der Waals surface area (Å²) in [7, 11) is 0. The van der Waals surface area contributed by atoms with Gasteiger partial charge < -0.3 is 20.9 Å². The first kappa shape index (κ1) is 10.9. The summed E-state index contributed by atoms with van der Waals surface area (Å²) in [6, 6.07) is 0. The lowest BCUT2D eigenvalue weighted by atomic mass is 10.4. The number of likely N-dealkylation sites (tertiary alicyclic amines) is 1. The molecule has 0 aliphatic carbocycles. The highest BCUT2D eigenvalue weighted by Crippen LogP contribution is 2.08. The number of nitrogens with zero attached hydrogens (tertiary/aromatic N) is 2. The molecule has 1 fully saturated rings. The third kappa shape index (κ3) is 2.52. The van der Waals surface area contributed by atoms with Crippen LogP contribution < -0.4 is 16.6 Å². The Hall–Kier alpha value is -1.56. The van der Waals surface area contributed by atoms with E-state index < -0.39 is 0 Å². The minimum absolute atomic E-state index is 0.156. The molecule has 0 amide bonds. The Labute approximate surface area is 93.9 Å². The molecule has 1 saturated heterocycles. The Morgan fingerprint density at radius 3 is 3.00 bits per heavy atom. The zero-order valence-electron chi connectivity index (χ0n) is 9.20. The number of hydrogen-bond acceptors (Lipinski definition) is 5. The average Bonchev–Trinajstić information content (AvgIpc) is 2.77. The van der Waals surface area contributed by atoms with Crippen LogP contribution in [0.5, 0.6) is 0 Å². The first-order chi connectivity index (χ1) is 7.77. The summed E-state index contributed by atoms with van der Waals surface area (Å²) in [5.74, 6) is 0.475. The third-order valence-corrected chi connectivity index (χ3v) is 2.81. The Morgan fingerprint density at radius 1 is 1.50 bits per heavy atom. The normalized spacial score (nSPS) is 16.5. The van der Waals surface area contributed by atoms with Gasteiger partial charge in [0, 0.05) is 13.1 Å². The summed E-state index contributed by atoms with van der Waals surface area (Å²) < 4.78 is 0. The van der Waals surface area contributed by atoms with E-state index in [2.05, 4.69) is 20.2 Å². The van der Waals surface area contributed by atoms with E-state index in [1.807, 2.05) is 0 Å². The summed E-state index contributed by atoms with van der Waals surface area (Å²) >= 11 is 0. The lowest BCUT2D eigenvalue weighted by molar-refractivity contribution is 0.352. The van der Waals surface area contributed by atoms with E-state index >= 15 is 0 Å². The van der Waals surface area contributed by atoms with Gasteiger partial charge >= 0.3 is 0 Å². The Morgan fingerprint density at radius 2 is 2.25 bits per heavy atom. The molecule has 0 spiro atoms. The molecule has 1 aromatic rings. The van der Waals surface area contributed by atoms with Gasteiger partial charge in [0.2, 0.25) is 0 Å². The minimum atomic E-state index is -0.293. The van der Waals surface area contributed by atoms with E-state index in [4.69, 9.17) is 5.73 Å². The minimum Gasteiger partial charge on any atom is -0.391 e. The van der Waals surface area contributed by atoms with Crippen molar-refractivity contribution in [2.24, 2.45) is 0 Å². The molecule has 2 heterocycles. The number of aromatic nitrogens is 2. The van der Waals surface area contributed by atoms with Crippen molar-refractivity contribution in [3.8, 4) is 0 Å². The summed E-state index contributed by atoms with van der Waals surface area (Å²) in [5.41, 5.74) is 5.46. The Bertz CT molecular complexity index is 396. The van der Waals surface area contributed by atoms with Crippen molar-refractivity contribution >= 4 is 11.5 Å². The van der Waals surface area contributed by atoms with Gasteiger partial charge in [-0.2, -0.15) is 0 Å². The number of nitrogen functional groups attached to an aromatic ring is 1.